The van der Waals surface area contributed by atoms with Crippen molar-refractivity contribution in [1.29, 1.82) is 0 Å². The molecule has 1 aromatic heterocycles. The predicted octanol–water partition coefficient (Wildman–Crippen LogP) is 3.20. The molecular weight excluding hydrogens is 424 g/mol. The van der Waals surface area contributed by atoms with Crippen molar-refractivity contribution in [2.24, 2.45) is 17.4 Å². The summed E-state index contributed by atoms with van der Waals surface area (Å²) >= 11 is 1.32. The maximum atomic E-state index is 12.4. The van der Waals surface area contributed by atoms with Gasteiger partial charge in [-0.25, -0.2) is 4.98 Å². The highest BCUT2D eigenvalue weighted by Gasteiger charge is 2.24. The highest BCUT2D eigenvalue weighted by Crippen LogP contribution is 2.22. The van der Waals surface area contributed by atoms with Gasteiger partial charge >= 0.3 is 0 Å². The number of amides is 2. The lowest BCUT2D eigenvalue weighted by atomic mass is 10.0. The highest BCUT2D eigenvalue weighted by molar-refractivity contribution is 7.09. The Kier molecular flexibility index (Phi) is 7.97. The van der Waals surface area contributed by atoms with Gasteiger partial charge in [0.1, 0.15) is 29.1 Å². The van der Waals surface area contributed by atoms with Crippen molar-refractivity contribution >= 4 is 23.2 Å². The van der Waals surface area contributed by atoms with E-state index < -0.39 is 17.9 Å². The summed E-state index contributed by atoms with van der Waals surface area (Å²) in [5.74, 6) is -0.334. The lowest BCUT2D eigenvalue weighted by Crippen LogP contribution is -2.47. The van der Waals surface area contributed by atoms with E-state index in [-0.39, 0.29) is 17.7 Å². The summed E-state index contributed by atoms with van der Waals surface area (Å²) < 4.78 is 5.81. The molecule has 2 aromatic carbocycles. The van der Waals surface area contributed by atoms with Gasteiger partial charge in [0.25, 0.3) is 5.91 Å². The van der Waals surface area contributed by atoms with E-state index in [1.54, 1.807) is 5.38 Å². The van der Waals surface area contributed by atoms with E-state index in [9.17, 15) is 9.59 Å². The molecule has 0 aliphatic carbocycles. The maximum Gasteiger partial charge on any atom is 0.271 e. The first-order valence-corrected chi connectivity index (χ1v) is 11.3. The Labute approximate surface area is 191 Å². The van der Waals surface area contributed by atoms with Gasteiger partial charge in [0.2, 0.25) is 5.91 Å². The van der Waals surface area contributed by atoms with E-state index in [2.05, 4.69) is 10.3 Å². The van der Waals surface area contributed by atoms with Crippen LogP contribution in [0.4, 0.5) is 0 Å². The Morgan fingerprint density at radius 1 is 1.06 bits per heavy atom. The van der Waals surface area contributed by atoms with Crippen LogP contribution in [0, 0.1) is 5.92 Å². The minimum absolute atomic E-state index is 0.114. The number of benzene rings is 2. The third-order valence-electron chi connectivity index (χ3n) is 4.96. The van der Waals surface area contributed by atoms with Crippen molar-refractivity contribution in [3.8, 4) is 5.75 Å². The maximum absolute atomic E-state index is 12.4. The van der Waals surface area contributed by atoms with Crippen LogP contribution in [-0.2, 0) is 17.8 Å². The second kappa shape index (κ2) is 10.9. The lowest BCUT2D eigenvalue weighted by Gasteiger charge is -2.18. The predicted molar refractivity (Wildman–Crippen MR) is 125 cm³/mol. The number of carbonyl (C=O) groups excluding carboxylic acids is 2. The number of carbonyl (C=O) groups is 2. The van der Waals surface area contributed by atoms with Crippen LogP contribution in [0.2, 0.25) is 0 Å². The van der Waals surface area contributed by atoms with Gasteiger partial charge in [-0.05, 0) is 35.6 Å². The van der Waals surface area contributed by atoms with Crippen LogP contribution < -0.4 is 21.5 Å². The largest absolute Gasteiger partial charge is 0.489 e. The summed E-state index contributed by atoms with van der Waals surface area (Å²) in [5, 5.41) is 4.93. The number of primary amides is 1. The minimum Gasteiger partial charge on any atom is -0.489 e. The summed E-state index contributed by atoms with van der Waals surface area (Å²) in [6.45, 7) is 4.14. The summed E-state index contributed by atoms with van der Waals surface area (Å²) in [4.78, 5) is 28.3. The van der Waals surface area contributed by atoms with Gasteiger partial charge in [-0.1, -0.05) is 56.3 Å². The number of nitrogens with zero attached hydrogens (tertiary/aromatic N) is 1. The summed E-state index contributed by atoms with van der Waals surface area (Å²) in [6, 6.07) is 16.7. The molecule has 0 radical (unpaired) electrons. The zero-order valence-corrected chi connectivity index (χ0v) is 19.0. The SMILES string of the molecule is CC(C)C(NC(=O)c1csc(C(N)Cc2ccc(OCc3ccccc3)cc2)n1)C(N)=O. The third-order valence-corrected chi connectivity index (χ3v) is 5.94. The average Bonchev–Trinajstić information content (AvgIpc) is 3.28. The highest BCUT2D eigenvalue weighted by atomic mass is 32.1. The molecule has 0 spiro atoms. The van der Waals surface area contributed by atoms with Crippen LogP contribution in [0.15, 0.2) is 60.0 Å². The van der Waals surface area contributed by atoms with Gasteiger partial charge in [0, 0.05) is 5.38 Å². The fourth-order valence-electron chi connectivity index (χ4n) is 3.15. The third kappa shape index (κ3) is 6.38. The summed E-state index contributed by atoms with van der Waals surface area (Å²) in [5.41, 5.74) is 14.1. The molecule has 32 heavy (non-hydrogen) atoms. The van der Waals surface area contributed by atoms with Gasteiger partial charge in [0.15, 0.2) is 0 Å². The van der Waals surface area contributed by atoms with E-state index in [0.29, 0.717) is 18.0 Å². The number of rotatable bonds is 10. The van der Waals surface area contributed by atoms with Gasteiger partial charge in [0.05, 0.1) is 6.04 Å². The Hall–Kier alpha value is -3.23. The summed E-state index contributed by atoms with van der Waals surface area (Å²) in [7, 11) is 0. The van der Waals surface area contributed by atoms with Gasteiger partial charge in [-0.2, -0.15) is 0 Å². The molecule has 2 amide bonds. The number of ether oxygens (including phenoxy) is 1. The molecule has 3 aromatic rings. The quantitative estimate of drug-likeness (QED) is 0.436. The normalized spacial score (nSPS) is 12.9. The topological polar surface area (TPSA) is 120 Å². The van der Waals surface area contributed by atoms with Crippen molar-refractivity contribution < 1.29 is 14.3 Å². The Morgan fingerprint density at radius 2 is 1.75 bits per heavy atom. The molecule has 2 unspecified atom stereocenters. The van der Waals surface area contributed by atoms with Gasteiger partial charge in [-0.3, -0.25) is 9.59 Å². The van der Waals surface area contributed by atoms with Gasteiger partial charge in [-0.15, -0.1) is 11.3 Å². The van der Waals surface area contributed by atoms with Crippen LogP contribution >= 0.6 is 11.3 Å². The fraction of sp³-hybridized carbons (Fsp3) is 0.292. The molecule has 1 heterocycles. The van der Waals surface area contributed by atoms with E-state index in [1.165, 1.54) is 11.3 Å². The molecule has 0 saturated heterocycles. The first-order chi connectivity index (χ1) is 15.3. The summed E-state index contributed by atoms with van der Waals surface area (Å²) in [6.07, 6.45) is 0.573. The smallest absolute Gasteiger partial charge is 0.271 e. The monoisotopic (exact) mass is 452 g/mol. The number of hydrogen-bond acceptors (Lipinski definition) is 6. The minimum atomic E-state index is -0.746. The zero-order chi connectivity index (χ0) is 23.1. The molecule has 5 N–H and O–H groups in total. The molecule has 3 rings (SSSR count). The Balaban J connectivity index is 1.55. The second-order valence-electron chi connectivity index (χ2n) is 7.90. The van der Waals surface area contributed by atoms with E-state index in [1.807, 2.05) is 68.4 Å². The number of thiazole rings is 1. The van der Waals surface area contributed by atoms with Crippen molar-refractivity contribution in [2.45, 2.75) is 39.0 Å². The number of nitrogens with two attached hydrogens (primary N) is 2. The van der Waals surface area contributed by atoms with E-state index in [4.69, 9.17) is 16.2 Å². The molecule has 0 bridgehead atoms. The van der Waals surface area contributed by atoms with E-state index in [0.717, 1.165) is 16.9 Å². The van der Waals surface area contributed by atoms with Crippen molar-refractivity contribution in [3.05, 3.63) is 81.8 Å². The molecule has 0 saturated carbocycles. The second-order valence-corrected chi connectivity index (χ2v) is 8.79. The van der Waals surface area contributed by atoms with Crippen LogP contribution in [0.25, 0.3) is 0 Å². The van der Waals surface area contributed by atoms with E-state index >= 15 is 0 Å². The first kappa shape index (κ1) is 23.4. The molecular formula is C24H28N4O3S. The van der Waals surface area contributed by atoms with Crippen molar-refractivity contribution in [3.63, 3.8) is 0 Å². The molecule has 0 aliphatic heterocycles. The Bertz CT molecular complexity index is 1030. The lowest BCUT2D eigenvalue weighted by molar-refractivity contribution is -0.120. The van der Waals surface area contributed by atoms with Crippen LogP contribution in [0.3, 0.4) is 0 Å². The van der Waals surface area contributed by atoms with Crippen LogP contribution in [0.1, 0.15) is 46.5 Å². The van der Waals surface area contributed by atoms with Crippen LogP contribution in [0.5, 0.6) is 5.75 Å². The number of aromatic nitrogens is 1. The van der Waals surface area contributed by atoms with Gasteiger partial charge < -0.3 is 21.5 Å². The number of hydrogen-bond donors (Lipinski definition) is 3. The Morgan fingerprint density at radius 3 is 2.38 bits per heavy atom. The standard InChI is InChI=1S/C24H28N4O3S/c1-15(2)21(22(26)29)28-23(30)20-14-32-24(27-20)19(25)12-16-8-10-18(11-9-16)31-13-17-6-4-3-5-7-17/h3-11,14-15,19,21H,12-13,25H2,1-2H3,(H2,26,29)(H,28,30). The fourth-order valence-corrected chi connectivity index (χ4v) is 3.95. The molecule has 0 fully saturated rings. The average molecular weight is 453 g/mol. The zero-order valence-electron chi connectivity index (χ0n) is 18.2. The molecule has 168 valence electrons. The first-order valence-electron chi connectivity index (χ1n) is 10.4. The van der Waals surface area contributed by atoms with Crippen molar-refractivity contribution in [1.82, 2.24) is 10.3 Å². The molecule has 0 aliphatic rings. The van der Waals surface area contributed by atoms with Crippen molar-refractivity contribution in [2.75, 3.05) is 0 Å². The molecule has 2 atom stereocenters. The molecule has 8 heteroatoms. The van der Waals surface area contributed by atoms with Crippen LogP contribution in [-0.4, -0.2) is 22.8 Å². The number of nitrogens with one attached hydrogen (secondary N) is 1. The molecule has 7 nitrogen and oxygen atoms in total.